The molecule has 14 heavy (non-hydrogen) atoms. The highest BCUT2D eigenvalue weighted by Gasteiger charge is 2.28. The predicted octanol–water partition coefficient (Wildman–Crippen LogP) is 3.66. The van der Waals surface area contributed by atoms with Crippen molar-refractivity contribution in [3.8, 4) is 0 Å². The molecule has 78 valence electrons. The third-order valence-electron chi connectivity index (χ3n) is 2.94. The highest BCUT2D eigenvalue weighted by atomic mass is 16.1. The molecule has 0 aromatic heterocycles. The van der Waals surface area contributed by atoms with Gasteiger partial charge in [-0.15, -0.1) is 0 Å². The van der Waals surface area contributed by atoms with Gasteiger partial charge in [-0.25, -0.2) is 0 Å². The standard InChI is InChI=1S/C13H20O/c1-12(2)7-6-10-13(11-14)8-4-3-5-9-13/h3-4,7,11H,5-6,8-10H2,1-2H3. The minimum atomic E-state index is -0.0549. The number of aldehydes is 1. The average Bonchev–Trinajstić information content (AvgIpc) is 2.19. The first kappa shape index (κ1) is 11.2. The van der Waals surface area contributed by atoms with Gasteiger partial charge in [0.05, 0.1) is 0 Å². The van der Waals surface area contributed by atoms with Crippen LogP contribution in [0.1, 0.15) is 46.0 Å². The van der Waals surface area contributed by atoms with Crippen LogP contribution in [0.2, 0.25) is 0 Å². The third kappa shape index (κ3) is 3.13. The zero-order chi connectivity index (χ0) is 10.4. The second-order valence-corrected chi connectivity index (χ2v) is 4.51. The molecule has 0 fully saturated rings. The topological polar surface area (TPSA) is 17.1 Å². The fraction of sp³-hybridized carbons (Fsp3) is 0.615. The summed E-state index contributed by atoms with van der Waals surface area (Å²) in [5.74, 6) is 0. The summed E-state index contributed by atoms with van der Waals surface area (Å²) in [7, 11) is 0. The Labute approximate surface area is 86.9 Å². The summed E-state index contributed by atoms with van der Waals surface area (Å²) in [6.45, 7) is 4.21. The van der Waals surface area contributed by atoms with Crippen LogP contribution in [0, 0.1) is 5.41 Å². The second kappa shape index (κ2) is 5.14. The van der Waals surface area contributed by atoms with Gasteiger partial charge in [0.2, 0.25) is 0 Å². The largest absolute Gasteiger partial charge is 0.303 e. The molecule has 1 aliphatic rings. The lowest BCUT2D eigenvalue weighted by atomic mass is 9.75. The van der Waals surface area contributed by atoms with E-state index in [0.29, 0.717) is 0 Å². The quantitative estimate of drug-likeness (QED) is 0.491. The van der Waals surface area contributed by atoms with Crippen LogP contribution < -0.4 is 0 Å². The summed E-state index contributed by atoms with van der Waals surface area (Å²) in [4.78, 5) is 11.1. The van der Waals surface area contributed by atoms with E-state index >= 15 is 0 Å². The van der Waals surface area contributed by atoms with E-state index in [0.717, 1.165) is 32.1 Å². The van der Waals surface area contributed by atoms with Gasteiger partial charge in [0.25, 0.3) is 0 Å². The van der Waals surface area contributed by atoms with E-state index in [1.54, 1.807) is 0 Å². The fourth-order valence-corrected chi connectivity index (χ4v) is 1.95. The summed E-state index contributed by atoms with van der Waals surface area (Å²) in [6, 6.07) is 0. The summed E-state index contributed by atoms with van der Waals surface area (Å²) in [6.07, 6.45) is 12.8. The molecule has 0 saturated heterocycles. The first-order chi connectivity index (χ1) is 6.68. The summed E-state index contributed by atoms with van der Waals surface area (Å²) in [5, 5.41) is 0. The molecule has 1 aliphatic carbocycles. The maximum Gasteiger partial charge on any atom is 0.126 e. The maximum atomic E-state index is 11.1. The number of carbonyl (C=O) groups is 1. The SMILES string of the molecule is CC(C)=CCCC1(C=O)CC=CCC1. The highest BCUT2D eigenvalue weighted by Crippen LogP contribution is 2.35. The average molecular weight is 192 g/mol. The van der Waals surface area contributed by atoms with Gasteiger partial charge in [-0.2, -0.15) is 0 Å². The predicted molar refractivity (Wildman–Crippen MR) is 60.2 cm³/mol. The van der Waals surface area contributed by atoms with Crippen LogP contribution in [-0.4, -0.2) is 6.29 Å². The summed E-state index contributed by atoms with van der Waals surface area (Å²) >= 11 is 0. The molecule has 0 heterocycles. The Balaban J connectivity index is 2.49. The number of rotatable bonds is 4. The molecular weight excluding hydrogens is 172 g/mol. The number of hydrogen-bond acceptors (Lipinski definition) is 1. The van der Waals surface area contributed by atoms with E-state index in [-0.39, 0.29) is 5.41 Å². The number of carbonyl (C=O) groups excluding carboxylic acids is 1. The molecule has 0 aromatic carbocycles. The molecule has 0 spiro atoms. The first-order valence-electron chi connectivity index (χ1n) is 5.43. The van der Waals surface area contributed by atoms with Gasteiger partial charge in [0, 0.05) is 5.41 Å². The van der Waals surface area contributed by atoms with Gasteiger partial charge in [-0.05, 0) is 46.0 Å². The summed E-state index contributed by atoms with van der Waals surface area (Å²) in [5.41, 5.74) is 1.29. The van der Waals surface area contributed by atoms with Crippen molar-refractivity contribution in [1.82, 2.24) is 0 Å². The van der Waals surface area contributed by atoms with Crippen LogP contribution in [0.25, 0.3) is 0 Å². The molecule has 0 aromatic rings. The van der Waals surface area contributed by atoms with Gasteiger partial charge in [-0.1, -0.05) is 23.8 Å². The van der Waals surface area contributed by atoms with Crippen LogP contribution in [0.3, 0.4) is 0 Å². The van der Waals surface area contributed by atoms with Gasteiger partial charge in [0.1, 0.15) is 6.29 Å². The number of hydrogen-bond donors (Lipinski definition) is 0. The Hall–Kier alpha value is -0.850. The van der Waals surface area contributed by atoms with Crippen molar-refractivity contribution < 1.29 is 4.79 Å². The van der Waals surface area contributed by atoms with Crippen molar-refractivity contribution in [2.75, 3.05) is 0 Å². The highest BCUT2D eigenvalue weighted by molar-refractivity contribution is 5.60. The fourth-order valence-electron chi connectivity index (χ4n) is 1.95. The summed E-state index contributed by atoms with van der Waals surface area (Å²) < 4.78 is 0. The van der Waals surface area contributed by atoms with Gasteiger partial charge < -0.3 is 4.79 Å². The normalized spacial score (nSPS) is 25.9. The molecule has 1 atom stereocenters. The van der Waals surface area contributed by atoms with Crippen LogP contribution in [-0.2, 0) is 4.79 Å². The molecule has 0 aliphatic heterocycles. The Bertz CT molecular complexity index is 246. The molecule has 1 nitrogen and oxygen atoms in total. The molecule has 0 N–H and O–H groups in total. The second-order valence-electron chi connectivity index (χ2n) is 4.51. The van der Waals surface area contributed by atoms with E-state index < -0.39 is 0 Å². The van der Waals surface area contributed by atoms with Crippen LogP contribution >= 0.6 is 0 Å². The van der Waals surface area contributed by atoms with Crippen molar-refractivity contribution >= 4 is 6.29 Å². The Kier molecular flexibility index (Phi) is 4.12. The monoisotopic (exact) mass is 192 g/mol. The molecule has 0 amide bonds. The lowest BCUT2D eigenvalue weighted by Crippen LogP contribution is -2.23. The Morgan fingerprint density at radius 3 is 2.71 bits per heavy atom. The third-order valence-corrected chi connectivity index (χ3v) is 2.94. The van der Waals surface area contributed by atoms with Gasteiger partial charge in [-0.3, -0.25) is 0 Å². The molecule has 0 saturated carbocycles. The van der Waals surface area contributed by atoms with E-state index in [1.807, 2.05) is 0 Å². The maximum absolute atomic E-state index is 11.1. The number of allylic oxidation sites excluding steroid dienone is 4. The van der Waals surface area contributed by atoms with Gasteiger partial charge in [0.15, 0.2) is 0 Å². The van der Waals surface area contributed by atoms with Crippen molar-refractivity contribution in [3.63, 3.8) is 0 Å². The molecule has 1 unspecified atom stereocenters. The van der Waals surface area contributed by atoms with Crippen LogP contribution in [0.4, 0.5) is 0 Å². The first-order valence-corrected chi connectivity index (χ1v) is 5.43. The minimum absolute atomic E-state index is 0.0549. The Morgan fingerprint density at radius 2 is 2.21 bits per heavy atom. The van der Waals surface area contributed by atoms with E-state index in [1.165, 1.54) is 11.9 Å². The van der Waals surface area contributed by atoms with E-state index in [9.17, 15) is 4.79 Å². The van der Waals surface area contributed by atoms with Crippen molar-refractivity contribution in [2.24, 2.45) is 5.41 Å². The van der Waals surface area contributed by atoms with Crippen molar-refractivity contribution in [2.45, 2.75) is 46.0 Å². The smallest absolute Gasteiger partial charge is 0.126 e. The van der Waals surface area contributed by atoms with E-state index in [2.05, 4.69) is 32.1 Å². The molecule has 1 rings (SSSR count). The molecule has 1 heteroatoms. The van der Waals surface area contributed by atoms with Gasteiger partial charge >= 0.3 is 0 Å². The lowest BCUT2D eigenvalue weighted by Gasteiger charge is -2.28. The zero-order valence-corrected chi connectivity index (χ0v) is 9.25. The molecular formula is C13H20O. The Morgan fingerprint density at radius 1 is 1.43 bits per heavy atom. The van der Waals surface area contributed by atoms with Crippen LogP contribution in [0.15, 0.2) is 23.8 Å². The van der Waals surface area contributed by atoms with Crippen LogP contribution in [0.5, 0.6) is 0 Å². The zero-order valence-electron chi connectivity index (χ0n) is 9.25. The molecule has 0 bridgehead atoms. The molecule has 0 radical (unpaired) electrons. The minimum Gasteiger partial charge on any atom is -0.303 e. The van der Waals surface area contributed by atoms with E-state index in [4.69, 9.17) is 0 Å². The lowest BCUT2D eigenvalue weighted by molar-refractivity contribution is -0.116. The van der Waals surface area contributed by atoms with Crippen molar-refractivity contribution in [1.29, 1.82) is 0 Å². The van der Waals surface area contributed by atoms with Crippen molar-refractivity contribution in [3.05, 3.63) is 23.8 Å².